The summed E-state index contributed by atoms with van der Waals surface area (Å²) < 4.78 is 5.86. The van der Waals surface area contributed by atoms with E-state index in [0.29, 0.717) is 12.0 Å². The number of nitrogens with two attached hydrogens (primary N) is 1. The molecular weight excluding hydrogens is 260 g/mol. The first-order chi connectivity index (χ1) is 10.1. The molecule has 2 aliphatic rings. The van der Waals surface area contributed by atoms with Gasteiger partial charge in [-0.25, -0.2) is 0 Å². The lowest BCUT2D eigenvalue weighted by molar-refractivity contribution is 0.0966. The van der Waals surface area contributed by atoms with Crippen molar-refractivity contribution < 1.29 is 4.74 Å². The van der Waals surface area contributed by atoms with E-state index in [1.54, 1.807) is 0 Å². The fourth-order valence-electron chi connectivity index (χ4n) is 3.88. The first-order valence-corrected chi connectivity index (χ1v) is 8.25. The second-order valence-electron chi connectivity index (χ2n) is 7.36. The van der Waals surface area contributed by atoms with Crippen molar-refractivity contribution in [3.63, 3.8) is 0 Å². The fourth-order valence-corrected chi connectivity index (χ4v) is 3.88. The lowest BCUT2D eigenvalue weighted by atomic mass is 9.68. The standard InChI is InChI=1S/C18H28N2O/c1-18(2)9-5-7-15(17(18)19)13-20-10-11-21-16-8-4-3-6-14(16)12-20/h3-4,6,8,15,17H,5,7,9-13,19H2,1-2H3. The Hall–Kier alpha value is -1.06. The van der Waals surface area contributed by atoms with Crippen molar-refractivity contribution in [2.75, 3.05) is 19.7 Å². The second-order valence-corrected chi connectivity index (χ2v) is 7.36. The van der Waals surface area contributed by atoms with Gasteiger partial charge in [0.2, 0.25) is 0 Å². The smallest absolute Gasteiger partial charge is 0.123 e. The minimum atomic E-state index is 0.281. The molecule has 2 unspecified atom stereocenters. The van der Waals surface area contributed by atoms with Crippen LogP contribution in [0.4, 0.5) is 0 Å². The number of rotatable bonds is 2. The summed E-state index contributed by atoms with van der Waals surface area (Å²) >= 11 is 0. The monoisotopic (exact) mass is 288 g/mol. The van der Waals surface area contributed by atoms with Gasteiger partial charge in [-0.3, -0.25) is 4.90 Å². The van der Waals surface area contributed by atoms with Crippen molar-refractivity contribution in [2.45, 2.75) is 45.7 Å². The van der Waals surface area contributed by atoms with E-state index in [2.05, 4.69) is 36.9 Å². The number of hydrogen-bond acceptors (Lipinski definition) is 3. The number of ether oxygens (including phenoxy) is 1. The van der Waals surface area contributed by atoms with Crippen LogP contribution in [0.15, 0.2) is 24.3 Å². The minimum Gasteiger partial charge on any atom is -0.492 e. The van der Waals surface area contributed by atoms with Gasteiger partial charge in [0.1, 0.15) is 12.4 Å². The van der Waals surface area contributed by atoms with E-state index in [4.69, 9.17) is 10.5 Å². The molecule has 3 heteroatoms. The molecule has 1 saturated carbocycles. The minimum absolute atomic E-state index is 0.281. The highest BCUT2D eigenvalue weighted by atomic mass is 16.5. The van der Waals surface area contributed by atoms with Crippen LogP contribution < -0.4 is 10.5 Å². The molecule has 0 radical (unpaired) electrons. The molecule has 1 aromatic carbocycles. The summed E-state index contributed by atoms with van der Waals surface area (Å²) in [5.41, 5.74) is 8.13. The molecule has 3 nitrogen and oxygen atoms in total. The maximum absolute atomic E-state index is 6.55. The first-order valence-electron chi connectivity index (χ1n) is 8.25. The van der Waals surface area contributed by atoms with Gasteiger partial charge in [0.15, 0.2) is 0 Å². The molecule has 0 amide bonds. The predicted molar refractivity (Wildman–Crippen MR) is 86.3 cm³/mol. The predicted octanol–water partition coefficient (Wildman–Crippen LogP) is 3.03. The van der Waals surface area contributed by atoms with Crippen LogP contribution >= 0.6 is 0 Å². The molecule has 2 atom stereocenters. The fraction of sp³-hybridized carbons (Fsp3) is 0.667. The van der Waals surface area contributed by atoms with Crippen LogP contribution in [0, 0.1) is 11.3 Å². The van der Waals surface area contributed by atoms with Crippen LogP contribution in [-0.4, -0.2) is 30.6 Å². The summed E-state index contributed by atoms with van der Waals surface area (Å²) in [4.78, 5) is 2.53. The molecule has 1 fully saturated rings. The quantitative estimate of drug-likeness (QED) is 0.909. The van der Waals surface area contributed by atoms with Crippen molar-refractivity contribution in [1.29, 1.82) is 0 Å². The van der Waals surface area contributed by atoms with E-state index in [9.17, 15) is 0 Å². The average molecular weight is 288 g/mol. The zero-order valence-electron chi connectivity index (χ0n) is 13.3. The van der Waals surface area contributed by atoms with Crippen molar-refractivity contribution in [3.8, 4) is 5.75 Å². The lowest BCUT2D eigenvalue weighted by Gasteiger charge is -2.43. The van der Waals surface area contributed by atoms with Gasteiger partial charge in [-0.15, -0.1) is 0 Å². The topological polar surface area (TPSA) is 38.5 Å². The lowest BCUT2D eigenvalue weighted by Crippen LogP contribution is -2.50. The van der Waals surface area contributed by atoms with Crippen LogP contribution in [0.1, 0.15) is 38.7 Å². The SMILES string of the molecule is CC1(C)CCCC(CN2CCOc3ccccc3C2)C1N. The molecule has 0 saturated heterocycles. The molecule has 3 rings (SSSR count). The zero-order valence-corrected chi connectivity index (χ0v) is 13.3. The Bertz CT molecular complexity index is 486. The van der Waals surface area contributed by atoms with Crippen LogP contribution in [-0.2, 0) is 6.54 Å². The van der Waals surface area contributed by atoms with Crippen molar-refractivity contribution >= 4 is 0 Å². The van der Waals surface area contributed by atoms with Gasteiger partial charge in [0.25, 0.3) is 0 Å². The van der Waals surface area contributed by atoms with Crippen molar-refractivity contribution in [3.05, 3.63) is 29.8 Å². The summed E-state index contributed by atoms with van der Waals surface area (Å²) in [5, 5.41) is 0. The van der Waals surface area contributed by atoms with E-state index in [1.807, 2.05) is 6.07 Å². The van der Waals surface area contributed by atoms with Crippen molar-refractivity contribution in [2.24, 2.45) is 17.1 Å². The Morgan fingerprint density at radius 3 is 3.00 bits per heavy atom. The van der Waals surface area contributed by atoms with Gasteiger partial charge in [-0.1, -0.05) is 38.5 Å². The van der Waals surface area contributed by atoms with Gasteiger partial charge in [-0.05, 0) is 30.2 Å². The molecule has 2 N–H and O–H groups in total. The highest BCUT2D eigenvalue weighted by molar-refractivity contribution is 5.33. The zero-order chi connectivity index (χ0) is 14.9. The molecule has 1 aliphatic heterocycles. The molecule has 0 spiro atoms. The molecule has 116 valence electrons. The molecule has 0 aromatic heterocycles. The summed E-state index contributed by atoms with van der Waals surface area (Å²) in [6.45, 7) is 8.51. The largest absolute Gasteiger partial charge is 0.492 e. The van der Waals surface area contributed by atoms with E-state index in [0.717, 1.165) is 32.0 Å². The Morgan fingerprint density at radius 1 is 1.33 bits per heavy atom. The van der Waals surface area contributed by atoms with E-state index >= 15 is 0 Å². The summed E-state index contributed by atoms with van der Waals surface area (Å²) in [6, 6.07) is 8.72. The van der Waals surface area contributed by atoms with Gasteiger partial charge in [0.05, 0.1) is 0 Å². The Labute approximate surface area is 128 Å². The Morgan fingerprint density at radius 2 is 2.14 bits per heavy atom. The Kier molecular flexibility index (Phi) is 4.23. The van der Waals surface area contributed by atoms with Gasteiger partial charge < -0.3 is 10.5 Å². The van der Waals surface area contributed by atoms with Crippen molar-refractivity contribution in [1.82, 2.24) is 4.90 Å². The summed E-state index contributed by atoms with van der Waals surface area (Å²) in [5.74, 6) is 1.66. The van der Waals surface area contributed by atoms with Crippen LogP contribution in [0.3, 0.4) is 0 Å². The van der Waals surface area contributed by atoms with E-state index < -0.39 is 0 Å². The van der Waals surface area contributed by atoms with E-state index in [-0.39, 0.29) is 5.41 Å². The molecule has 0 bridgehead atoms. The van der Waals surface area contributed by atoms with Gasteiger partial charge in [-0.2, -0.15) is 0 Å². The maximum Gasteiger partial charge on any atom is 0.123 e. The third-order valence-corrected chi connectivity index (χ3v) is 5.33. The van der Waals surface area contributed by atoms with Gasteiger partial charge >= 0.3 is 0 Å². The number of fused-ring (bicyclic) bond motifs is 1. The van der Waals surface area contributed by atoms with Crippen LogP contribution in [0.25, 0.3) is 0 Å². The third-order valence-electron chi connectivity index (χ3n) is 5.33. The number of hydrogen-bond donors (Lipinski definition) is 1. The van der Waals surface area contributed by atoms with Crippen LogP contribution in [0.2, 0.25) is 0 Å². The normalized spacial score (nSPS) is 29.3. The van der Waals surface area contributed by atoms with Gasteiger partial charge in [0, 0.05) is 31.2 Å². The third kappa shape index (κ3) is 3.24. The number of benzene rings is 1. The Balaban J connectivity index is 1.68. The molecule has 1 aromatic rings. The molecule has 1 aliphatic carbocycles. The maximum atomic E-state index is 6.55. The number of para-hydroxylation sites is 1. The summed E-state index contributed by atoms with van der Waals surface area (Å²) in [7, 11) is 0. The highest BCUT2D eigenvalue weighted by Crippen LogP contribution is 2.38. The molecule has 21 heavy (non-hydrogen) atoms. The highest BCUT2D eigenvalue weighted by Gasteiger charge is 2.37. The molecule has 1 heterocycles. The number of nitrogens with zero attached hydrogens (tertiary/aromatic N) is 1. The molecular formula is C18H28N2O. The van der Waals surface area contributed by atoms with E-state index in [1.165, 1.54) is 24.8 Å². The second kappa shape index (κ2) is 5.98. The average Bonchev–Trinajstić information content (AvgIpc) is 2.65. The van der Waals surface area contributed by atoms with Crippen LogP contribution in [0.5, 0.6) is 5.75 Å². The first kappa shape index (κ1) is 14.9. The summed E-state index contributed by atoms with van der Waals surface area (Å²) in [6.07, 6.45) is 3.84.